The fourth-order valence-electron chi connectivity index (χ4n) is 1.76. The maximum Gasteiger partial charge on any atom is 0.314 e. The maximum absolute atomic E-state index is 11.2. The van der Waals surface area contributed by atoms with Crippen molar-refractivity contribution < 1.29 is 14.6 Å². The first-order valence-electron chi connectivity index (χ1n) is 4.68. The van der Waals surface area contributed by atoms with Gasteiger partial charge in [-0.05, 0) is 40.4 Å². The van der Waals surface area contributed by atoms with Crippen molar-refractivity contribution >= 4 is 21.9 Å². The summed E-state index contributed by atoms with van der Waals surface area (Å²) in [7, 11) is 1.57. The highest BCUT2D eigenvalue weighted by molar-refractivity contribution is 9.10. The Morgan fingerprint density at radius 2 is 2.20 bits per heavy atom. The number of ether oxygens (including phenoxy) is 1. The molecule has 1 aliphatic carbocycles. The second-order valence-electron chi connectivity index (χ2n) is 3.71. The van der Waals surface area contributed by atoms with E-state index in [-0.39, 0.29) is 0 Å². The average molecular weight is 271 g/mol. The minimum Gasteiger partial charge on any atom is -0.496 e. The molecular weight excluding hydrogens is 260 g/mol. The van der Waals surface area contributed by atoms with E-state index in [1.54, 1.807) is 7.11 Å². The zero-order valence-corrected chi connectivity index (χ0v) is 9.87. The molecule has 0 saturated heterocycles. The lowest BCUT2D eigenvalue weighted by atomic mass is 9.96. The molecule has 1 N–H and O–H groups in total. The third kappa shape index (κ3) is 1.53. The Morgan fingerprint density at radius 3 is 2.67 bits per heavy atom. The minimum atomic E-state index is -0.753. The Kier molecular flexibility index (Phi) is 2.46. The molecule has 3 nitrogen and oxygen atoms in total. The van der Waals surface area contributed by atoms with Crippen LogP contribution in [0.2, 0.25) is 0 Å². The normalized spacial score (nSPS) is 17.2. The number of benzene rings is 1. The first kappa shape index (κ1) is 10.5. The summed E-state index contributed by atoms with van der Waals surface area (Å²) in [5, 5.41) is 9.18. The van der Waals surface area contributed by atoms with Gasteiger partial charge in [0.05, 0.1) is 17.0 Å². The van der Waals surface area contributed by atoms with E-state index in [0.29, 0.717) is 18.6 Å². The van der Waals surface area contributed by atoms with Gasteiger partial charge in [0.1, 0.15) is 5.75 Å². The molecule has 15 heavy (non-hydrogen) atoms. The molecule has 0 atom stereocenters. The lowest BCUT2D eigenvalue weighted by Crippen LogP contribution is -2.20. The largest absolute Gasteiger partial charge is 0.496 e. The molecule has 0 spiro atoms. The predicted molar refractivity (Wildman–Crippen MR) is 59.2 cm³/mol. The number of methoxy groups -OCH3 is 1. The van der Waals surface area contributed by atoms with Crippen LogP contribution < -0.4 is 4.74 Å². The molecule has 0 unspecified atom stereocenters. The minimum absolute atomic E-state index is 0.681. The van der Waals surface area contributed by atoms with Gasteiger partial charge in [0.2, 0.25) is 0 Å². The van der Waals surface area contributed by atoms with E-state index in [1.165, 1.54) is 0 Å². The summed E-state index contributed by atoms with van der Waals surface area (Å²) in [4.78, 5) is 11.2. The van der Waals surface area contributed by atoms with Gasteiger partial charge < -0.3 is 9.84 Å². The molecule has 0 aromatic heterocycles. The molecule has 1 saturated carbocycles. The fraction of sp³-hybridized carbons (Fsp3) is 0.364. The van der Waals surface area contributed by atoms with E-state index < -0.39 is 11.4 Å². The highest BCUT2D eigenvalue weighted by Gasteiger charge is 2.53. The van der Waals surface area contributed by atoms with E-state index in [2.05, 4.69) is 15.9 Å². The smallest absolute Gasteiger partial charge is 0.314 e. The number of aliphatic carboxylic acids is 1. The van der Waals surface area contributed by atoms with Crippen LogP contribution in [0.3, 0.4) is 0 Å². The van der Waals surface area contributed by atoms with Crippen molar-refractivity contribution in [3.63, 3.8) is 0 Å². The molecule has 4 heteroatoms. The standard InChI is InChI=1S/C11H11BrO3/c1-15-8-4-2-3-7(9(8)12)11(5-6-11)10(13)14/h2-4H,5-6H2,1H3,(H,13,14). The van der Waals surface area contributed by atoms with E-state index >= 15 is 0 Å². The van der Waals surface area contributed by atoms with Crippen LogP contribution in [0.4, 0.5) is 0 Å². The number of hydrogen-bond donors (Lipinski definition) is 1. The number of halogens is 1. The highest BCUT2D eigenvalue weighted by Crippen LogP contribution is 2.52. The highest BCUT2D eigenvalue weighted by atomic mass is 79.9. The van der Waals surface area contributed by atoms with Crippen molar-refractivity contribution in [1.29, 1.82) is 0 Å². The van der Waals surface area contributed by atoms with Gasteiger partial charge in [-0.3, -0.25) is 4.79 Å². The summed E-state index contributed by atoms with van der Waals surface area (Å²) in [5.74, 6) is -0.0727. The summed E-state index contributed by atoms with van der Waals surface area (Å²) < 4.78 is 5.91. The van der Waals surface area contributed by atoms with Gasteiger partial charge in [0.25, 0.3) is 0 Å². The summed E-state index contributed by atoms with van der Waals surface area (Å²) in [6, 6.07) is 5.47. The zero-order chi connectivity index (χ0) is 11.1. The first-order chi connectivity index (χ1) is 7.12. The van der Waals surface area contributed by atoms with Crippen molar-refractivity contribution in [2.24, 2.45) is 0 Å². The van der Waals surface area contributed by atoms with Crippen molar-refractivity contribution in [3.8, 4) is 5.75 Å². The zero-order valence-electron chi connectivity index (χ0n) is 8.29. The molecule has 80 valence electrons. The first-order valence-corrected chi connectivity index (χ1v) is 5.47. The molecular formula is C11H11BrO3. The van der Waals surface area contributed by atoms with Crippen molar-refractivity contribution in [1.82, 2.24) is 0 Å². The molecule has 0 bridgehead atoms. The van der Waals surface area contributed by atoms with Crippen LogP contribution in [0.5, 0.6) is 5.75 Å². The van der Waals surface area contributed by atoms with Gasteiger partial charge in [-0.1, -0.05) is 12.1 Å². The Bertz CT molecular complexity index is 410. The lowest BCUT2D eigenvalue weighted by Gasteiger charge is -2.14. The molecule has 0 radical (unpaired) electrons. The molecule has 1 aliphatic rings. The molecule has 1 aromatic rings. The molecule has 0 amide bonds. The SMILES string of the molecule is COc1cccc(C2(C(=O)O)CC2)c1Br. The predicted octanol–water partition coefficient (Wildman–Crippen LogP) is 2.57. The summed E-state index contributed by atoms with van der Waals surface area (Å²) in [6.07, 6.45) is 1.40. The van der Waals surface area contributed by atoms with E-state index in [1.807, 2.05) is 18.2 Å². The number of carboxylic acid groups (broad SMARTS) is 1. The molecule has 0 aliphatic heterocycles. The van der Waals surface area contributed by atoms with Gasteiger partial charge in [-0.2, -0.15) is 0 Å². The maximum atomic E-state index is 11.2. The van der Waals surface area contributed by atoms with Gasteiger partial charge in [-0.15, -0.1) is 0 Å². The number of carbonyl (C=O) groups is 1. The Balaban J connectivity index is 2.50. The van der Waals surface area contributed by atoms with Crippen molar-refractivity contribution in [2.75, 3.05) is 7.11 Å². The lowest BCUT2D eigenvalue weighted by molar-refractivity contribution is -0.140. The van der Waals surface area contributed by atoms with Crippen LogP contribution in [0.15, 0.2) is 22.7 Å². The molecule has 0 heterocycles. The third-order valence-electron chi connectivity index (χ3n) is 2.86. The molecule has 2 rings (SSSR count). The summed E-state index contributed by atoms with van der Waals surface area (Å²) >= 11 is 3.40. The van der Waals surface area contributed by atoms with Crippen LogP contribution in [0.1, 0.15) is 18.4 Å². The Morgan fingerprint density at radius 1 is 1.53 bits per heavy atom. The second kappa shape index (κ2) is 3.52. The van der Waals surface area contributed by atoms with Gasteiger partial charge in [0, 0.05) is 0 Å². The van der Waals surface area contributed by atoms with E-state index in [0.717, 1.165) is 10.0 Å². The molecule has 1 fully saturated rings. The van der Waals surface area contributed by atoms with Gasteiger partial charge in [0.15, 0.2) is 0 Å². The van der Waals surface area contributed by atoms with E-state index in [4.69, 9.17) is 4.74 Å². The fourth-order valence-corrected chi connectivity index (χ4v) is 2.57. The number of carboxylic acids is 1. The van der Waals surface area contributed by atoms with Crippen LogP contribution in [0.25, 0.3) is 0 Å². The quantitative estimate of drug-likeness (QED) is 0.919. The Labute approximate surface area is 96.2 Å². The monoisotopic (exact) mass is 270 g/mol. The van der Waals surface area contributed by atoms with E-state index in [9.17, 15) is 9.90 Å². The van der Waals surface area contributed by atoms with Crippen molar-refractivity contribution in [3.05, 3.63) is 28.2 Å². The number of hydrogen-bond acceptors (Lipinski definition) is 2. The topological polar surface area (TPSA) is 46.5 Å². The van der Waals surface area contributed by atoms with Crippen LogP contribution in [-0.4, -0.2) is 18.2 Å². The average Bonchev–Trinajstić information content (AvgIpc) is 2.99. The van der Waals surface area contributed by atoms with Crippen LogP contribution >= 0.6 is 15.9 Å². The van der Waals surface area contributed by atoms with Gasteiger partial charge >= 0.3 is 5.97 Å². The van der Waals surface area contributed by atoms with Crippen molar-refractivity contribution in [2.45, 2.75) is 18.3 Å². The summed E-state index contributed by atoms with van der Waals surface area (Å²) in [6.45, 7) is 0. The third-order valence-corrected chi connectivity index (χ3v) is 3.68. The molecule has 1 aromatic carbocycles. The van der Waals surface area contributed by atoms with Crippen LogP contribution in [0, 0.1) is 0 Å². The summed E-state index contributed by atoms with van der Waals surface area (Å²) in [5.41, 5.74) is 0.127. The van der Waals surface area contributed by atoms with Gasteiger partial charge in [-0.25, -0.2) is 0 Å². The number of rotatable bonds is 3. The second-order valence-corrected chi connectivity index (χ2v) is 4.50. The Hall–Kier alpha value is -1.03. The van der Waals surface area contributed by atoms with Crippen LogP contribution in [-0.2, 0) is 10.2 Å².